The van der Waals surface area contributed by atoms with Crippen molar-refractivity contribution in [1.29, 1.82) is 0 Å². The summed E-state index contributed by atoms with van der Waals surface area (Å²) in [6.45, 7) is 2.50. The van der Waals surface area contributed by atoms with E-state index in [4.69, 9.17) is 15.2 Å². The summed E-state index contributed by atoms with van der Waals surface area (Å²) < 4.78 is 11.3. The zero-order valence-electron chi connectivity index (χ0n) is 16.1. The van der Waals surface area contributed by atoms with E-state index in [0.29, 0.717) is 37.9 Å². The van der Waals surface area contributed by atoms with Gasteiger partial charge in [-0.25, -0.2) is 4.99 Å². The number of benzene rings is 2. The lowest BCUT2D eigenvalue weighted by atomic mass is 10.2. The number of nitrogens with two attached hydrogens (primary N) is 1. The second-order valence-corrected chi connectivity index (χ2v) is 6.86. The Morgan fingerprint density at radius 1 is 1.10 bits per heavy atom. The van der Waals surface area contributed by atoms with Gasteiger partial charge in [-0.3, -0.25) is 4.79 Å². The molecular formula is C21H25IN4O3. The fourth-order valence-corrected chi connectivity index (χ4v) is 3.35. The van der Waals surface area contributed by atoms with Crippen LogP contribution in [-0.4, -0.2) is 31.6 Å². The van der Waals surface area contributed by atoms with E-state index < -0.39 is 0 Å². The minimum Gasteiger partial charge on any atom is -0.490 e. The number of halogens is 1. The van der Waals surface area contributed by atoms with Crippen LogP contribution in [0.3, 0.4) is 0 Å². The lowest BCUT2D eigenvalue weighted by Gasteiger charge is -2.16. The van der Waals surface area contributed by atoms with Gasteiger partial charge in [-0.05, 0) is 36.2 Å². The predicted octanol–water partition coefficient (Wildman–Crippen LogP) is 3.52. The van der Waals surface area contributed by atoms with Crippen LogP contribution in [0.15, 0.2) is 47.5 Å². The molecular weight excluding hydrogens is 483 g/mol. The molecule has 2 aliphatic heterocycles. The summed E-state index contributed by atoms with van der Waals surface area (Å²) >= 11 is 0. The molecule has 0 unspecified atom stereocenters. The highest BCUT2D eigenvalue weighted by atomic mass is 127. The zero-order chi connectivity index (χ0) is 19.3. The summed E-state index contributed by atoms with van der Waals surface area (Å²) in [5.74, 6) is 1.94. The lowest BCUT2D eigenvalue weighted by molar-refractivity contribution is -0.117. The fourth-order valence-electron chi connectivity index (χ4n) is 3.35. The quantitative estimate of drug-likeness (QED) is 0.375. The van der Waals surface area contributed by atoms with E-state index in [-0.39, 0.29) is 29.9 Å². The van der Waals surface area contributed by atoms with Crippen LogP contribution in [-0.2, 0) is 11.3 Å². The molecule has 1 amide bonds. The summed E-state index contributed by atoms with van der Waals surface area (Å²) in [6.07, 6.45) is 2.39. The normalized spacial score (nSPS) is 16.2. The van der Waals surface area contributed by atoms with Gasteiger partial charge in [-0.1, -0.05) is 12.1 Å². The average molecular weight is 508 g/mol. The molecule has 29 heavy (non-hydrogen) atoms. The topological polar surface area (TPSA) is 89.2 Å². The first kappa shape index (κ1) is 21.2. The Labute approximate surface area is 187 Å². The van der Waals surface area contributed by atoms with Crippen LogP contribution in [0.1, 0.15) is 24.8 Å². The third-order valence-electron chi connectivity index (χ3n) is 4.75. The Bertz CT molecular complexity index is 903. The lowest BCUT2D eigenvalue weighted by Crippen LogP contribution is -2.24. The zero-order valence-corrected chi connectivity index (χ0v) is 18.4. The van der Waals surface area contributed by atoms with Gasteiger partial charge in [-0.15, -0.1) is 24.0 Å². The summed E-state index contributed by atoms with van der Waals surface area (Å²) in [5.41, 5.74) is 8.76. The van der Waals surface area contributed by atoms with Gasteiger partial charge in [-0.2, -0.15) is 0 Å². The van der Waals surface area contributed by atoms with Gasteiger partial charge in [0.2, 0.25) is 5.91 Å². The highest BCUT2D eigenvalue weighted by Crippen LogP contribution is 2.32. The third kappa shape index (κ3) is 5.31. The number of guanidine groups is 1. The number of hydrogen-bond donors (Lipinski definition) is 2. The van der Waals surface area contributed by atoms with Crippen molar-refractivity contribution < 1.29 is 14.3 Å². The molecule has 0 spiro atoms. The predicted molar refractivity (Wildman–Crippen MR) is 124 cm³/mol. The number of carbonyl (C=O) groups is 1. The molecule has 2 aromatic rings. The second kappa shape index (κ2) is 9.82. The van der Waals surface area contributed by atoms with Gasteiger partial charge in [0.05, 0.1) is 19.8 Å². The number of nitrogens with one attached hydrogen (secondary N) is 1. The van der Waals surface area contributed by atoms with Gasteiger partial charge >= 0.3 is 0 Å². The van der Waals surface area contributed by atoms with Gasteiger partial charge in [0.1, 0.15) is 0 Å². The molecule has 1 fully saturated rings. The van der Waals surface area contributed by atoms with Crippen molar-refractivity contribution in [3.63, 3.8) is 0 Å². The molecule has 0 bridgehead atoms. The molecule has 0 saturated carbocycles. The number of rotatable bonds is 4. The standard InChI is InChI=1S/C21H24N4O3.HI/c22-21(24-16-7-8-18-19(13-16)28-11-3-10-27-18)23-14-15-4-1-5-17(12-15)25-9-2-6-20(25)26;/h1,4-5,7-8,12-13H,2-3,6,9-11,14H2,(H3,22,23,24);1H. The molecule has 7 nitrogen and oxygen atoms in total. The second-order valence-electron chi connectivity index (χ2n) is 6.86. The number of hydrogen-bond acceptors (Lipinski definition) is 4. The largest absolute Gasteiger partial charge is 0.490 e. The summed E-state index contributed by atoms with van der Waals surface area (Å²) in [6, 6.07) is 13.5. The minimum atomic E-state index is 0. The Kier molecular flexibility index (Phi) is 7.18. The number of ether oxygens (including phenoxy) is 2. The highest BCUT2D eigenvalue weighted by molar-refractivity contribution is 14.0. The van der Waals surface area contributed by atoms with Crippen molar-refractivity contribution in [3.8, 4) is 11.5 Å². The first-order valence-corrected chi connectivity index (χ1v) is 9.55. The van der Waals surface area contributed by atoms with E-state index in [1.165, 1.54) is 0 Å². The molecule has 2 aliphatic rings. The fraction of sp³-hybridized carbons (Fsp3) is 0.333. The molecule has 8 heteroatoms. The van der Waals surface area contributed by atoms with Crippen LogP contribution < -0.4 is 25.4 Å². The Morgan fingerprint density at radius 3 is 2.72 bits per heavy atom. The van der Waals surface area contributed by atoms with Crippen molar-refractivity contribution in [1.82, 2.24) is 0 Å². The van der Waals surface area contributed by atoms with E-state index in [1.807, 2.05) is 47.4 Å². The first-order valence-electron chi connectivity index (χ1n) is 9.55. The van der Waals surface area contributed by atoms with Gasteiger partial charge in [0.15, 0.2) is 17.5 Å². The van der Waals surface area contributed by atoms with Gasteiger partial charge in [0, 0.05) is 36.8 Å². The summed E-state index contributed by atoms with van der Waals surface area (Å²) in [7, 11) is 0. The van der Waals surface area contributed by atoms with Crippen molar-refractivity contribution in [3.05, 3.63) is 48.0 Å². The minimum absolute atomic E-state index is 0. The number of carbonyl (C=O) groups excluding carboxylic acids is 1. The van der Waals surface area contributed by atoms with Crippen molar-refractivity contribution in [2.75, 3.05) is 30.0 Å². The smallest absolute Gasteiger partial charge is 0.227 e. The van der Waals surface area contributed by atoms with Crippen molar-refractivity contribution >= 4 is 47.2 Å². The van der Waals surface area contributed by atoms with E-state index >= 15 is 0 Å². The van der Waals surface area contributed by atoms with E-state index in [9.17, 15) is 4.79 Å². The molecule has 154 valence electrons. The molecule has 0 aromatic heterocycles. The molecule has 1 saturated heterocycles. The molecule has 2 heterocycles. The molecule has 0 radical (unpaired) electrons. The van der Waals surface area contributed by atoms with Gasteiger partial charge in [0.25, 0.3) is 0 Å². The maximum absolute atomic E-state index is 11.9. The van der Waals surface area contributed by atoms with Crippen LogP contribution in [0.4, 0.5) is 11.4 Å². The number of nitrogens with zero attached hydrogens (tertiary/aromatic N) is 2. The van der Waals surface area contributed by atoms with E-state index in [0.717, 1.165) is 42.1 Å². The Balaban J connectivity index is 0.00000240. The summed E-state index contributed by atoms with van der Waals surface area (Å²) in [5, 5.41) is 3.09. The van der Waals surface area contributed by atoms with Gasteiger partial charge < -0.3 is 25.4 Å². The van der Waals surface area contributed by atoms with Crippen LogP contribution >= 0.6 is 24.0 Å². The Hall–Kier alpha value is -2.49. The molecule has 3 N–H and O–H groups in total. The van der Waals surface area contributed by atoms with Crippen LogP contribution in [0.2, 0.25) is 0 Å². The third-order valence-corrected chi connectivity index (χ3v) is 4.75. The van der Waals surface area contributed by atoms with Crippen LogP contribution in [0, 0.1) is 0 Å². The number of fused-ring (bicyclic) bond motifs is 1. The maximum atomic E-state index is 11.9. The monoisotopic (exact) mass is 508 g/mol. The van der Waals surface area contributed by atoms with Crippen LogP contribution in [0.5, 0.6) is 11.5 Å². The number of amides is 1. The molecule has 4 rings (SSSR count). The molecule has 2 aromatic carbocycles. The molecule has 0 aliphatic carbocycles. The first-order chi connectivity index (χ1) is 13.7. The van der Waals surface area contributed by atoms with E-state index in [2.05, 4.69) is 10.3 Å². The van der Waals surface area contributed by atoms with Crippen LogP contribution in [0.25, 0.3) is 0 Å². The highest BCUT2D eigenvalue weighted by Gasteiger charge is 2.21. The number of anilines is 2. The number of aliphatic imine (C=N–C) groups is 1. The maximum Gasteiger partial charge on any atom is 0.227 e. The molecule has 0 atom stereocenters. The summed E-state index contributed by atoms with van der Waals surface area (Å²) in [4.78, 5) is 18.2. The SMILES string of the molecule is I.NC(=NCc1cccc(N2CCCC2=O)c1)Nc1ccc2c(c1)OCCCO2. The Morgan fingerprint density at radius 2 is 1.93 bits per heavy atom. The van der Waals surface area contributed by atoms with Crippen molar-refractivity contribution in [2.24, 2.45) is 10.7 Å². The van der Waals surface area contributed by atoms with E-state index in [1.54, 1.807) is 0 Å². The average Bonchev–Trinajstić information content (AvgIpc) is 2.99. The van der Waals surface area contributed by atoms with Crippen molar-refractivity contribution in [2.45, 2.75) is 25.8 Å².